The molecule has 1 nitrogen and oxygen atoms in total. The van der Waals surface area contributed by atoms with E-state index in [2.05, 4.69) is 18.7 Å². The molecule has 0 aromatic rings. The second-order valence-corrected chi connectivity index (χ2v) is 3.55. The highest BCUT2D eigenvalue weighted by Crippen LogP contribution is 2.47. The maximum Gasteiger partial charge on any atom is 0.212 e. The van der Waals surface area contributed by atoms with Crippen LogP contribution in [-0.2, 0) is 4.79 Å². The van der Waals surface area contributed by atoms with Gasteiger partial charge >= 0.3 is 0 Å². The van der Waals surface area contributed by atoms with Crippen molar-refractivity contribution >= 4 is 17.7 Å². The number of hydrogen-bond donors (Lipinski definition) is 1. The fourth-order valence-electron chi connectivity index (χ4n) is 1.94. The zero-order valence-electron chi connectivity index (χ0n) is 5.71. The first-order valence-electron chi connectivity index (χ1n) is 3.72. The van der Waals surface area contributed by atoms with E-state index in [1.807, 2.05) is 0 Å². The van der Waals surface area contributed by atoms with Gasteiger partial charge in [0.2, 0.25) is 5.12 Å². The van der Waals surface area contributed by atoms with Crippen LogP contribution in [0, 0.1) is 11.8 Å². The maximum atomic E-state index is 10.8. The Morgan fingerprint density at radius 3 is 2.70 bits per heavy atom. The summed E-state index contributed by atoms with van der Waals surface area (Å²) in [7, 11) is 0. The lowest BCUT2D eigenvalue weighted by Crippen LogP contribution is -2.24. The second kappa shape index (κ2) is 2.12. The van der Waals surface area contributed by atoms with Crippen LogP contribution in [0.25, 0.3) is 0 Å². The molecule has 0 heterocycles. The molecular formula is C8H10OS. The smallest absolute Gasteiger partial charge is 0.212 e. The van der Waals surface area contributed by atoms with Gasteiger partial charge in [-0.2, -0.15) is 0 Å². The first-order chi connectivity index (χ1) is 4.79. The van der Waals surface area contributed by atoms with Crippen LogP contribution in [0.2, 0.25) is 0 Å². The Labute approximate surface area is 65.9 Å². The molecule has 54 valence electrons. The van der Waals surface area contributed by atoms with Gasteiger partial charge in [0.1, 0.15) is 0 Å². The molecule has 2 heteroatoms. The number of carbonyl (C=O) groups excluding carboxylic acids is 1. The van der Waals surface area contributed by atoms with Gasteiger partial charge in [-0.3, -0.25) is 4.79 Å². The lowest BCUT2D eigenvalue weighted by atomic mass is 9.73. The number of hydrogen-bond acceptors (Lipinski definition) is 1. The zero-order chi connectivity index (χ0) is 7.14. The topological polar surface area (TPSA) is 17.1 Å². The van der Waals surface area contributed by atoms with E-state index in [1.54, 1.807) is 0 Å². The molecule has 0 radical (unpaired) electrons. The highest BCUT2D eigenvalue weighted by Gasteiger charge is 2.38. The highest BCUT2D eigenvalue weighted by molar-refractivity contribution is 7.97. The van der Waals surface area contributed by atoms with E-state index in [0.717, 1.165) is 17.9 Å². The van der Waals surface area contributed by atoms with Crippen molar-refractivity contribution in [2.75, 3.05) is 0 Å². The summed E-state index contributed by atoms with van der Waals surface area (Å²) >= 11 is 3.82. The molecule has 0 N–H and O–H groups in total. The van der Waals surface area contributed by atoms with Crippen LogP contribution in [0.15, 0.2) is 11.6 Å². The van der Waals surface area contributed by atoms with E-state index < -0.39 is 0 Å². The number of rotatable bonds is 1. The molecule has 0 aromatic heterocycles. The average molecular weight is 154 g/mol. The number of allylic oxidation sites excluding steroid dienone is 1. The van der Waals surface area contributed by atoms with Gasteiger partial charge in [-0.1, -0.05) is 6.08 Å². The molecular weight excluding hydrogens is 144 g/mol. The molecule has 2 aliphatic carbocycles. The Morgan fingerprint density at radius 2 is 2.40 bits per heavy atom. The van der Waals surface area contributed by atoms with E-state index in [1.165, 1.54) is 12.8 Å². The van der Waals surface area contributed by atoms with E-state index in [-0.39, 0.29) is 5.12 Å². The zero-order valence-corrected chi connectivity index (χ0v) is 6.60. The van der Waals surface area contributed by atoms with Gasteiger partial charge in [-0.25, -0.2) is 0 Å². The lowest BCUT2D eigenvalue weighted by Gasteiger charge is -2.31. The van der Waals surface area contributed by atoms with Crippen molar-refractivity contribution < 1.29 is 4.79 Å². The third kappa shape index (κ3) is 0.749. The molecule has 0 spiro atoms. The number of fused-ring (bicyclic) bond motifs is 1. The van der Waals surface area contributed by atoms with Gasteiger partial charge in [0.25, 0.3) is 0 Å². The highest BCUT2D eigenvalue weighted by atomic mass is 32.1. The summed E-state index contributed by atoms with van der Waals surface area (Å²) in [5.41, 5.74) is 0.986. The maximum absolute atomic E-state index is 10.8. The molecule has 1 fully saturated rings. The molecule has 0 aromatic carbocycles. The summed E-state index contributed by atoms with van der Waals surface area (Å²) in [6.45, 7) is 0. The van der Waals surface area contributed by atoms with Gasteiger partial charge in [0.15, 0.2) is 0 Å². The third-order valence-electron chi connectivity index (χ3n) is 2.70. The first-order valence-corrected chi connectivity index (χ1v) is 4.17. The Morgan fingerprint density at radius 1 is 1.60 bits per heavy atom. The van der Waals surface area contributed by atoms with Crippen molar-refractivity contribution in [2.45, 2.75) is 19.3 Å². The van der Waals surface area contributed by atoms with Gasteiger partial charge in [0, 0.05) is 5.57 Å². The quantitative estimate of drug-likeness (QED) is 0.570. The number of thiol groups is 1. The van der Waals surface area contributed by atoms with Crippen LogP contribution in [-0.4, -0.2) is 5.12 Å². The predicted molar refractivity (Wildman–Crippen MR) is 42.9 cm³/mol. The monoisotopic (exact) mass is 154 g/mol. The van der Waals surface area contributed by atoms with E-state index in [9.17, 15) is 4.79 Å². The molecule has 2 atom stereocenters. The van der Waals surface area contributed by atoms with Crippen molar-refractivity contribution in [3.63, 3.8) is 0 Å². The molecule has 0 saturated heterocycles. The fraction of sp³-hybridized carbons (Fsp3) is 0.625. The van der Waals surface area contributed by atoms with Crippen molar-refractivity contribution in [3.8, 4) is 0 Å². The molecule has 10 heavy (non-hydrogen) atoms. The SMILES string of the molecule is O=C(S)C1=CCC2CCC12. The molecule has 2 rings (SSSR count). The summed E-state index contributed by atoms with van der Waals surface area (Å²) in [6, 6.07) is 0. The normalized spacial score (nSPS) is 36.3. The lowest BCUT2D eigenvalue weighted by molar-refractivity contribution is -0.108. The Hall–Kier alpha value is -0.240. The third-order valence-corrected chi connectivity index (χ3v) is 2.96. The molecule has 0 bridgehead atoms. The Balaban J connectivity index is 2.16. The van der Waals surface area contributed by atoms with Crippen LogP contribution in [0.1, 0.15) is 19.3 Å². The van der Waals surface area contributed by atoms with E-state index in [4.69, 9.17) is 0 Å². The minimum atomic E-state index is -0.00722. The van der Waals surface area contributed by atoms with Gasteiger partial charge in [0.05, 0.1) is 0 Å². The average Bonchev–Trinajstić information content (AvgIpc) is 2.07. The second-order valence-electron chi connectivity index (χ2n) is 3.14. The van der Waals surface area contributed by atoms with E-state index in [0.29, 0.717) is 5.92 Å². The summed E-state index contributed by atoms with van der Waals surface area (Å²) in [5, 5.41) is -0.00722. The van der Waals surface area contributed by atoms with Crippen molar-refractivity contribution in [1.29, 1.82) is 0 Å². The molecule has 0 amide bonds. The largest absolute Gasteiger partial charge is 0.282 e. The molecule has 2 aliphatic rings. The minimum absolute atomic E-state index is 0.00722. The van der Waals surface area contributed by atoms with Gasteiger partial charge in [-0.15, -0.1) is 12.6 Å². The molecule has 1 saturated carbocycles. The van der Waals surface area contributed by atoms with Gasteiger partial charge < -0.3 is 0 Å². The van der Waals surface area contributed by atoms with E-state index >= 15 is 0 Å². The predicted octanol–water partition coefficient (Wildman–Crippen LogP) is 1.80. The van der Waals surface area contributed by atoms with Crippen molar-refractivity contribution in [1.82, 2.24) is 0 Å². The van der Waals surface area contributed by atoms with Crippen LogP contribution in [0.3, 0.4) is 0 Å². The number of carbonyl (C=O) groups is 1. The minimum Gasteiger partial charge on any atom is -0.282 e. The summed E-state index contributed by atoms with van der Waals surface area (Å²) in [5.74, 6) is 1.39. The standard InChI is InChI=1S/C8H10OS/c9-8(10)7-4-2-5-1-3-6(5)7/h4-6H,1-3H2,(H,9,10). The Bertz CT molecular complexity index is 207. The Kier molecular flexibility index (Phi) is 1.37. The van der Waals surface area contributed by atoms with Crippen LogP contribution >= 0.6 is 12.6 Å². The summed E-state index contributed by atoms with van der Waals surface area (Å²) < 4.78 is 0. The van der Waals surface area contributed by atoms with Gasteiger partial charge in [-0.05, 0) is 31.1 Å². The first kappa shape index (κ1) is 6.47. The van der Waals surface area contributed by atoms with Crippen LogP contribution in [0.4, 0.5) is 0 Å². The van der Waals surface area contributed by atoms with Crippen molar-refractivity contribution in [2.24, 2.45) is 11.8 Å². The summed E-state index contributed by atoms with van der Waals surface area (Å²) in [4.78, 5) is 10.8. The molecule has 0 aliphatic heterocycles. The molecule has 2 unspecified atom stereocenters. The van der Waals surface area contributed by atoms with Crippen LogP contribution < -0.4 is 0 Å². The fourth-order valence-corrected chi connectivity index (χ4v) is 2.19. The van der Waals surface area contributed by atoms with Crippen LogP contribution in [0.5, 0.6) is 0 Å². The van der Waals surface area contributed by atoms with Crippen molar-refractivity contribution in [3.05, 3.63) is 11.6 Å². The summed E-state index contributed by atoms with van der Waals surface area (Å²) in [6.07, 6.45) is 5.71.